The third kappa shape index (κ3) is 6.62. The van der Waals surface area contributed by atoms with E-state index in [2.05, 4.69) is 16.2 Å². The number of alkyl halides is 3. The largest absolute Gasteiger partial charge is 0.573 e. The van der Waals surface area contributed by atoms with Crippen LogP contribution in [0.5, 0.6) is 17.2 Å². The Balaban J connectivity index is 1.47. The molecule has 0 bridgehead atoms. The van der Waals surface area contributed by atoms with Gasteiger partial charge in [-0.2, -0.15) is 0 Å². The average molecular weight is 407 g/mol. The van der Waals surface area contributed by atoms with Gasteiger partial charge in [-0.1, -0.05) is 6.58 Å². The maximum Gasteiger partial charge on any atom is 0.573 e. The SMILES string of the molecule is C=C(C)COc1ccc(N2CCC(Oc3ccc(OC(F)(F)F)cc3)CC2)cc1. The monoisotopic (exact) mass is 407 g/mol. The van der Waals surface area contributed by atoms with E-state index >= 15 is 0 Å². The second-order valence-electron chi connectivity index (χ2n) is 7.06. The summed E-state index contributed by atoms with van der Waals surface area (Å²) in [4.78, 5) is 2.28. The molecule has 0 unspecified atom stereocenters. The van der Waals surface area contributed by atoms with Gasteiger partial charge in [-0.25, -0.2) is 0 Å². The van der Waals surface area contributed by atoms with Crippen LogP contribution < -0.4 is 19.1 Å². The Labute approximate surface area is 168 Å². The molecular weight excluding hydrogens is 383 g/mol. The van der Waals surface area contributed by atoms with Gasteiger partial charge in [-0.05, 0) is 61.0 Å². The maximum atomic E-state index is 12.2. The second kappa shape index (κ2) is 9.11. The summed E-state index contributed by atoms with van der Waals surface area (Å²) in [6.45, 7) is 7.93. The molecule has 0 atom stereocenters. The number of nitrogens with zero attached hydrogens (tertiary/aromatic N) is 1. The van der Waals surface area contributed by atoms with Crippen molar-refractivity contribution in [2.24, 2.45) is 0 Å². The lowest BCUT2D eigenvalue weighted by Crippen LogP contribution is -2.38. The highest BCUT2D eigenvalue weighted by molar-refractivity contribution is 5.49. The summed E-state index contributed by atoms with van der Waals surface area (Å²) < 4.78 is 52.0. The molecular formula is C22H24F3NO3. The fourth-order valence-electron chi connectivity index (χ4n) is 3.10. The molecule has 2 aromatic carbocycles. The maximum absolute atomic E-state index is 12.2. The van der Waals surface area contributed by atoms with Crippen LogP contribution in [0.2, 0.25) is 0 Å². The van der Waals surface area contributed by atoms with Crippen LogP contribution in [0, 0.1) is 0 Å². The van der Waals surface area contributed by atoms with E-state index in [-0.39, 0.29) is 11.9 Å². The third-order valence-electron chi connectivity index (χ3n) is 4.49. The number of hydrogen-bond donors (Lipinski definition) is 0. The fourth-order valence-corrected chi connectivity index (χ4v) is 3.10. The van der Waals surface area contributed by atoms with Crippen molar-refractivity contribution in [2.75, 3.05) is 24.6 Å². The Bertz CT molecular complexity index is 796. The number of halogens is 3. The molecule has 0 aromatic heterocycles. The highest BCUT2D eigenvalue weighted by Gasteiger charge is 2.31. The summed E-state index contributed by atoms with van der Waals surface area (Å²) in [5, 5.41) is 0. The van der Waals surface area contributed by atoms with Gasteiger partial charge >= 0.3 is 6.36 Å². The number of ether oxygens (including phenoxy) is 3. The van der Waals surface area contributed by atoms with Gasteiger partial charge in [0.1, 0.15) is 30.0 Å². The summed E-state index contributed by atoms with van der Waals surface area (Å²) >= 11 is 0. The van der Waals surface area contributed by atoms with Crippen LogP contribution in [0.3, 0.4) is 0 Å². The molecule has 0 saturated carbocycles. The average Bonchev–Trinajstić information content (AvgIpc) is 2.68. The molecule has 0 aliphatic carbocycles. The van der Waals surface area contributed by atoms with Gasteiger partial charge in [-0.15, -0.1) is 13.2 Å². The van der Waals surface area contributed by atoms with E-state index < -0.39 is 6.36 Å². The summed E-state index contributed by atoms with van der Waals surface area (Å²) in [6.07, 6.45) is -3.01. The van der Waals surface area contributed by atoms with Crippen molar-refractivity contribution >= 4 is 5.69 Å². The lowest BCUT2D eigenvalue weighted by atomic mass is 10.1. The van der Waals surface area contributed by atoms with Gasteiger partial charge in [0.15, 0.2) is 0 Å². The van der Waals surface area contributed by atoms with Crippen LogP contribution in [-0.4, -0.2) is 32.2 Å². The Morgan fingerprint density at radius 3 is 2.07 bits per heavy atom. The van der Waals surface area contributed by atoms with Crippen LogP contribution in [0.1, 0.15) is 19.8 Å². The number of anilines is 1. The zero-order valence-corrected chi connectivity index (χ0v) is 16.2. The van der Waals surface area contributed by atoms with E-state index in [0.717, 1.165) is 42.9 Å². The molecule has 1 aliphatic rings. The molecule has 0 amide bonds. The van der Waals surface area contributed by atoms with E-state index in [4.69, 9.17) is 9.47 Å². The normalized spacial score (nSPS) is 15.1. The van der Waals surface area contributed by atoms with Crippen LogP contribution in [0.25, 0.3) is 0 Å². The fraction of sp³-hybridized carbons (Fsp3) is 0.364. The van der Waals surface area contributed by atoms with E-state index in [1.165, 1.54) is 24.3 Å². The van der Waals surface area contributed by atoms with Crippen molar-refractivity contribution < 1.29 is 27.4 Å². The smallest absolute Gasteiger partial charge is 0.490 e. The Morgan fingerprint density at radius 1 is 0.966 bits per heavy atom. The van der Waals surface area contributed by atoms with Crippen molar-refractivity contribution in [1.82, 2.24) is 0 Å². The summed E-state index contributed by atoms with van der Waals surface area (Å²) in [5.74, 6) is 1.10. The van der Waals surface area contributed by atoms with Crippen LogP contribution in [0.4, 0.5) is 18.9 Å². The van der Waals surface area contributed by atoms with E-state index in [1.807, 2.05) is 31.2 Å². The molecule has 0 radical (unpaired) electrons. The van der Waals surface area contributed by atoms with E-state index in [0.29, 0.717) is 12.4 Å². The molecule has 3 rings (SSSR count). The predicted octanol–water partition coefficient (Wildman–Crippen LogP) is 5.59. The van der Waals surface area contributed by atoms with Gasteiger partial charge in [-0.3, -0.25) is 0 Å². The first-order valence-electron chi connectivity index (χ1n) is 9.43. The first-order chi connectivity index (χ1) is 13.8. The van der Waals surface area contributed by atoms with Crippen molar-refractivity contribution in [3.63, 3.8) is 0 Å². The first-order valence-corrected chi connectivity index (χ1v) is 9.43. The van der Waals surface area contributed by atoms with Gasteiger partial charge in [0, 0.05) is 31.6 Å². The van der Waals surface area contributed by atoms with Gasteiger partial charge in [0.25, 0.3) is 0 Å². The molecule has 1 heterocycles. The van der Waals surface area contributed by atoms with E-state index in [1.54, 1.807) is 0 Å². The van der Waals surface area contributed by atoms with Gasteiger partial charge < -0.3 is 19.1 Å². The summed E-state index contributed by atoms with van der Waals surface area (Å²) in [7, 11) is 0. The zero-order chi connectivity index (χ0) is 20.9. The molecule has 0 N–H and O–H groups in total. The molecule has 156 valence electrons. The Hall–Kier alpha value is -2.83. The second-order valence-corrected chi connectivity index (χ2v) is 7.06. The highest BCUT2D eigenvalue weighted by Crippen LogP contribution is 2.28. The zero-order valence-electron chi connectivity index (χ0n) is 16.2. The van der Waals surface area contributed by atoms with Crippen LogP contribution >= 0.6 is 0 Å². The Kier molecular flexibility index (Phi) is 6.56. The standard InChI is InChI=1S/C22H24F3NO3/c1-16(2)15-27-18-5-3-17(4-6-18)26-13-11-20(12-14-26)28-19-7-9-21(10-8-19)29-22(23,24)25/h3-10,20H,1,11-15H2,2H3. The highest BCUT2D eigenvalue weighted by atomic mass is 19.4. The minimum absolute atomic E-state index is 0.0267. The number of hydrogen-bond acceptors (Lipinski definition) is 4. The third-order valence-corrected chi connectivity index (χ3v) is 4.49. The molecule has 0 spiro atoms. The van der Waals surface area contributed by atoms with Crippen LogP contribution in [-0.2, 0) is 0 Å². The predicted molar refractivity (Wildman–Crippen MR) is 106 cm³/mol. The topological polar surface area (TPSA) is 30.9 Å². The summed E-state index contributed by atoms with van der Waals surface area (Å²) in [5.41, 5.74) is 2.10. The minimum Gasteiger partial charge on any atom is -0.490 e. The van der Waals surface area contributed by atoms with Gasteiger partial charge in [0.2, 0.25) is 0 Å². The lowest BCUT2D eigenvalue weighted by Gasteiger charge is -2.33. The van der Waals surface area contributed by atoms with Gasteiger partial charge in [0.05, 0.1) is 0 Å². The van der Waals surface area contributed by atoms with Crippen molar-refractivity contribution in [1.29, 1.82) is 0 Å². The number of piperidine rings is 1. The molecule has 7 heteroatoms. The molecule has 2 aromatic rings. The lowest BCUT2D eigenvalue weighted by molar-refractivity contribution is -0.274. The molecule has 4 nitrogen and oxygen atoms in total. The van der Waals surface area contributed by atoms with E-state index in [9.17, 15) is 13.2 Å². The molecule has 1 fully saturated rings. The van der Waals surface area contributed by atoms with Crippen molar-refractivity contribution in [3.8, 4) is 17.2 Å². The Morgan fingerprint density at radius 2 is 1.52 bits per heavy atom. The number of rotatable bonds is 7. The summed E-state index contributed by atoms with van der Waals surface area (Å²) in [6, 6.07) is 13.5. The quantitative estimate of drug-likeness (QED) is 0.560. The van der Waals surface area contributed by atoms with Crippen molar-refractivity contribution in [2.45, 2.75) is 32.2 Å². The molecule has 29 heavy (non-hydrogen) atoms. The molecule has 1 aliphatic heterocycles. The molecule has 1 saturated heterocycles. The minimum atomic E-state index is -4.69. The first kappa shape index (κ1) is 20.9. The number of benzene rings is 2. The van der Waals surface area contributed by atoms with Crippen LogP contribution in [0.15, 0.2) is 60.7 Å². The van der Waals surface area contributed by atoms with Crippen molar-refractivity contribution in [3.05, 3.63) is 60.7 Å².